The largest absolute Gasteiger partial charge is 0.356 e. The third-order valence-corrected chi connectivity index (χ3v) is 3.71. The van der Waals surface area contributed by atoms with E-state index < -0.39 is 0 Å². The Hall–Kier alpha value is -1.69. The number of anilines is 1. The Morgan fingerprint density at radius 2 is 1.95 bits per heavy atom. The summed E-state index contributed by atoms with van der Waals surface area (Å²) >= 11 is 0. The first-order chi connectivity index (χ1) is 10.3. The number of rotatable bonds is 7. The average Bonchev–Trinajstić information content (AvgIpc) is 2.54. The molecule has 1 aromatic heterocycles. The van der Waals surface area contributed by atoms with Gasteiger partial charge in [-0.3, -0.25) is 9.69 Å². The zero-order valence-corrected chi connectivity index (χ0v) is 12.8. The quantitative estimate of drug-likeness (QED) is 0.757. The van der Waals surface area contributed by atoms with Crippen LogP contribution in [0.5, 0.6) is 0 Å². The zero-order chi connectivity index (χ0) is 14.9. The molecule has 0 radical (unpaired) electrons. The van der Waals surface area contributed by atoms with Crippen LogP contribution in [0.3, 0.4) is 0 Å². The number of aromatic nitrogens is 2. The lowest BCUT2D eigenvalue weighted by atomic mass is 10.3. The lowest BCUT2D eigenvalue weighted by Crippen LogP contribution is -2.47. The number of nitrogens with zero attached hydrogens (tertiary/aromatic N) is 4. The van der Waals surface area contributed by atoms with Crippen molar-refractivity contribution >= 4 is 11.9 Å². The van der Waals surface area contributed by atoms with Gasteiger partial charge in [-0.15, -0.1) is 0 Å². The highest BCUT2D eigenvalue weighted by Crippen LogP contribution is 2.09. The van der Waals surface area contributed by atoms with E-state index in [1.807, 2.05) is 6.07 Å². The molecule has 0 unspecified atom stereocenters. The Bertz CT molecular complexity index is 417. The molecular formula is C15H25N5O. The average molecular weight is 291 g/mol. The van der Waals surface area contributed by atoms with Gasteiger partial charge < -0.3 is 10.2 Å². The third-order valence-electron chi connectivity index (χ3n) is 3.71. The van der Waals surface area contributed by atoms with Crippen LogP contribution in [0.25, 0.3) is 0 Å². The summed E-state index contributed by atoms with van der Waals surface area (Å²) in [6.45, 7) is 7.52. The highest BCUT2D eigenvalue weighted by Gasteiger charge is 2.18. The van der Waals surface area contributed by atoms with Crippen LogP contribution in [0.1, 0.15) is 26.2 Å². The first kappa shape index (κ1) is 15.7. The van der Waals surface area contributed by atoms with E-state index >= 15 is 0 Å². The number of hydrogen-bond donors (Lipinski definition) is 1. The Labute approximate surface area is 126 Å². The van der Waals surface area contributed by atoms with Crippen molar-refractivity contribution in [2.45, 2.75) is 26.2 Å². The fraction of sp³-hybridized carbons (Fsp3) is 0.667. The van der Waals surface area contributed by atoms with Crippen molar-refractivity contribution in [3.63, 3.8) is 0 Å². The molecule has 0 atom stereocenters. The molecule has 0 spiro atoms. The molecule has 0 saturated carbocycles. The molecule has 1 N–H and O–H groups in total. The summed E-state index contributed by atoms with van der Waals surface area (Å²) in [5, 5.41) is 2.96. The molecule has 1 aliphatic rings. The first-order valence-electron chi connectivity index (χ1n) is 7.80. The molecule has 1 aromatic rings. The summed E-state index contributed by atoms with van der Waals surface area (Å²) in [6.07, 6.45) is 6.31. The minimum atomic E-state index is 0.164. The number of piperazine rings is 1. The highest BCUT2D eigenvalue weighted by molar-refractivity contribution is 5.76. The van der Waals surface area contributed by atoms with Gasteiger partial charge >= 0.3 is 0 Å². The predicted molar refractivity (Wildman–Crippen MR) is 83.2 cm³/mol. The van der Waals surface area contributed by atoms with Crippen LogP contribution in [0.4, 0.5) is 5.95 Å². The summed E-state index contributed by atoms with van der Waals surface area (Å²) in [5.74, 6) is 0.965. The smallest absolute Gasteiger partial charge is 0.225 e. The molecule has 0 aliphatic carbocycles. The van der Waals surface area contributed by atoms with Gasteiger partial charge in [0.2, 0.25) is 11.9 Å². The Morgan fingerprint density at radius 1 is 1.24 bits per heavy atom. The van der Waals surface area contributed by atoms with E-state index in [-0.39, 0.29) is 5.91 Å². The summed E-state index contributed by atoms with van der Waals surface area (Å²) < 4.78 is 0. The second-order valence-corrected chi connectivity index (χ2v) is 5.33. The summed E-state index contributed by atoms with van der Waals surface area (Å²) in [6, 6.07) is 1.83. The monoisotopic (exact) mass is 291 g/mol. The summed E-state index contributed by atoms with van der Waals surface area (Å²) in [7, 11) is 0. The zero-order valence-electron chi connectivity index (χ0n) is 12.8. The van der Waals surface area contributed by atoms with Gasteiger partial charge in [-0.05, 0) is 12.5 Å². The van der Waals surface area contributed by atoms with E-state index in [0.29, 0.717) is 6.42 Å². The van der Waals surface area contributed by atoms with Crippen LogP contribution < -0.4 is 10.2 Å². The van der Waals surface area contributed by atoms with Crippen molar-refractivity contribution in [2.24, 2.45) is 0 Å². The van der Waals surface area contributed by atoms with E-state index in [2.05, 4.69) is 32.0 Å². The number of carbonyl (C=O) groups is 1. The molecule has 2 heterocycles. The van der Waals surface area contributed by atoms with Gasteiger partial charge in [-0.25, -0.2) is 9.97 Å². The van der Waals surface area contributed by atoms with Crippen molar-refractivity contribution in [2.75, 3.05) is 44.2 Å². The molecule has 0 bridgehead atoms. The molecule has 6 nitrogen and oxygen atoms in total. The number of hydrogen-bond acceptors (Lipinski definition) is 5. The maximum absolute atomic E-state index is 11.7. The lowest BCUT2D eigenvalue weighted by molar-refractivity contribution is -0.121. The highest BCUT2D eigenvalue weighted by atomic mass is 16.1. The van der Waals surface area contributed by atoms with Crippen molar-refractivity contribution in [1.29, 1.82) is 0 Å². The van der Waals surface area contributed by atoms with Gasteiger partial charge in [0, 0.05) is 58.1 Å². The van der Waals surface area contributed by atoms with Crippen LogP contribution >= 0.6 is 0 Å². The van der Waals surface area contributed by atoms with Crippen LogP contribution in [0.2, 0.25) is 0 Å². The lowest BCUT2D eigenvalue weighted by Gasteiger charge is -2.34. The standard InChI is InChI=1S/C15H25N5O/c1-2-3-6-16-14(21)5-9-19-10-12-20(13-11-19)15-17-7-4-8-18-15/h4,7-8H,2-3,5-6,9-13H2,1H3,(H,16,21). The van der Waals surface area contributed by atoms with E-state index in [1.165, 1.54) is 0 Å². The normalized spacial score (nSPS) is 16.0. The Morgan fingerprint density at radius 3 is 2.62 bits per heavy atom. The van der Waals surface area contributed by atoms with Gasteiger partial charge in [0.25, 0.3) is 0 Å². The topological polar surface area (TPSA) is 61.4 Å². The Kier molecular flexibility index (Phi) is 6.40. The van der Waals surface area contributed by atoms with Crippen LogP contribution in [-0.4, -0.2) is 60.0 Å². The van der Waals surface area contributed by atoms with Crippen molar-refractivity contribution < 1.29 is 4.79 Å². The SMILES string of the molecule is CCCCNC(=O)CCN1CCN(c2ncccn2)CC1. The maximum atomic E-state index is 11.7. The summed E-state index contributed by atoms with van der Waals surface area (Å²) in [4.78, 5) is 24.8. The number of amides is 1. The Balaban J connectivity index is 1.64. The fourth-order valence-electron chi connectivity index (χ4n) is 2.38. The second-order valence-electron chi connectivity index (χ2n) is 5.33. The second kappa shape index (κ2) is 8.56. The molecule has 1 fully saturated rings. The van der Waals surface area contributed by atoms with Crippen LogP contribution in [-0.2, 0) is 4.79 Å². The molecular weight excluding hydrogens is 266 g/mol. The van der Waals surface area contributed by atoms with Crippen molar-refractivity contribution in [3.8, 4) is 0 Å². The first-order valence-corrected chi connectivity index (χ1v) is 7.80. The fourth-order valence-corrected chi connectivity index (χ4v) is 2.38. The predicted octanol–water partition coefficient (Wildman–Crippen LogP) is 0.905. The minimum absolute atomic E-state index is 0.164. The van der Waals surface area contributed by atoms with E-state index in [0.717, 1.165) is 58.1 Å². The van der Waals surface area contributed by atoms with Gasteiger partial charge in [-0.2, -0.15) is 0 Å². The minimum Gasteiger partial charge on any atom is -0.356 e. The maximum Gasteiger partial charge on any atom is 0.225 e. The van der Waals surface area contributed by atoms with Gasteiger partial charge in [-0.1, -0.05) is 13.3 Å². The molecule has 116 valence electrons. The molecule has 6 heteroatoms. The van der Waals surface area contributed by atoms with Crippen LogP contribution in [0.15, 0.2) is 18.5 Å². The summed E-state index contributed by atoms with van der Waals surface area (Å²) in [5.41, 5.74) is 0. The van der Waals surface area contributed by atoms with Crippen molar-refractivity contribution in [3.05, 3.63) is 18.5 Å². The molecule has 1 saturated heterocycles. The van der Waals surface area contributed by atoms with E-state index in [4.69, 9.17) is 0 Å². The molecule has 0 aromatic carbocycles. The van der Waals surface area contributed by atoms with E-state index in [9.17, 15) is 4.79 Å². The number of nitrogens with one attached hydrogen (secondary N) is 1. The molecule has 1 aliphatic heterocycles. The molecule has 2 rings (SSSR count). The third kappa shape index (κ3) is 5.30. The molecule has 1 amide bonds. The van der Waals surface area contributed by atoms with Gasteiger partial charge in [0.1, 0.15) is 0 Å². The number of carbonyl (C=O) groups excluding carboxylic acids is 1. The van der Waals surface area contributed by atoms with E-state index in [1.54, 1.807) is 12.4 Å². The van der Waals surface area contributed by atoms with Crippen molar-refractivity contribution in [1.82, 2.24) is 20.2 Å². The molecule has 21 heavy (non-hydrogen) atoms. The van der Waals surface area contributed by atoms with Crippen LogP contribution in [0, 0.1) is 0 Å². The number of unbranched alkanes of at least 4 members (excludes halogenated alkanes) is 1. The van der Waals surface area contributed by atoms with Gasteiger partial charge in [0.15, 0.2) is 0 Å². The van der Waals surface area contributed by atoms with Gasteiger partial charge in [0.05, 0.1) is 0 Å².